The smallest absolute Gasteiger partial charge is 0.336 e. The molecule has 13 nitrogen and oxygen atoms in total. The fraction of sp³-hybridized carbons (Fsp3) is 0.588. The number of aliphatic hydroxyl groups is 2. The highest BCUT2D eigenvalue weighted by atomic mass is 16.3. The Hall–Kier alpha value is -4.10. The van der Waals surface area contributed by atoms with Gasteiger partial charge < -0.3 is 10.2 Å². The van der Waals surface area contributed by atoms with E-state index < -0.39 is 83.0 Å². The summed E-state index contributed by atoms with van der Waals surface area (Å²) in [6.45, 7) is 14.3. The highest BCUT2D eigenvalue weighted by Gasteiger charge is 2.58. The summed E-state index contributed by atoms with van der Waals surface area (Å²) in [6, 6.07) is 7.53. The Morgan fingerprint density at radius 2 is 1.32 bits per heavy atom. The van der Waals surface area contributed by atoms with Gasteiger partial charge in [-0.3, -0.25) is 19.4 Å². The average molecular weight is 656 g/mol. The molecule has 0 saturated carbocycles. The number of aromatic nitrogens is 3. The number of amides is 4. The monoisotopic (exact) mass is 655 g/mol. The summed E-state index contributed by atoms with van der Waals surface area (Å²) in [7, 11) is 0. The van der Waals surface area contributed by atoms with Crippen LogP contribution < -0.4 is 17.1 Å². The van der Waals surface area contributed by atoms with Crippen molar-refractivity contribution >= 4 is 17.8 Å². The number of allylic oxidation sites excluding steroid dienone is 1. The molecule has 2 unspecified atom stereocenters. The van der Waals surface area contributed by atoms with Crippen LogP contribution in [0.15, 0.2) is 57.4 Å². The van der Waals surface area contributed by atoms with Crippen LogP contribution in [0.5, 0.6) is 0 Å². The van der Waals surface area contributed by atoms with Gasteiger partial charge in [-0.2, -0.15) is 0 Å². The second-order valence-electron chi connectivity index (χ2n) is 14.1. The predicted octanol–water partition coefficient (Wildman–Crippen LogP) is 2.09. The highest BCUT2D eigenvalue weighted by Crippen LogP contribution is 2.38. The van der Waals surface area contributed by atoms with Crippen LogP contribution in [0.2, 0.25) is 0 Å². The minimum Gasteiger partial charge on any atom is -0.391 e. The van der Waals surface area contributed by atoms with Crippen LogP contribution in [0.4, 0.5) is 4.79 Å². The summed E-state index contributed by atoms with van der Waals surface area (Å²) in [4.78, 5) is 84.2. The number of hydrogen-bond donors (Lipinski definition) is 2. The molecule has 1 aromatic carbocycles. The molecule has 258 valence electrons. The first-order chi connectivity index (χ1) is 21.9. The molecule has 1 saturated heterocycles. The molecule has 47 heavy (non-hydrogen) atoms. The lowest BCUT2D eigenvalue weighted by Gasteiger charge is -2.46. The van der Waals surface area contributed by atoms with Crippen molar-refractivity contribution in [2.45, 2.75) is 105 Å². The predicted molar refractivity (Wildman–Crippen MR) is 177 cm³/mol. The zero-order valence-electron chi connectivity index (χ0n) is 28.6. The lowest BCUT2D eigenvalue weighted by atomic mass is 9.73. The van der Waals surface area contributed by atoms with Gasteiger partial charge in [-0.1, -0.05) is 91.3 Å². The Morgan fingerprint density at radius 3 is 1.83 bits per heavy atom. The molecule has 1 aliphatic rings. The number of imide groups is 2. The first-order valence-electron chi connectivity index (χ1n) is 16.0. The number of benzene rings is 1. The fourth-order valence-electron chi connectivity index (χ4n) is 6.04. The van der Waals surface area contributed by atoms with E-state index in [1.165, 1.54) is 6.08 Å². The zero-order chi connectivity index (χ0) is 35.5. The number of hydrogen-bond acceptors (Lipinski definition) is 8. The molecular weight excluding hydrogens is 606 g/mol. The van der Waals surface area contributed by atoms with Gasteiger partial charge in [0.25, 0.3) is 11.8 Å². The molecule has 0 radical (unpaired) electrons. The summed E-state index contributed by atoms with van der Waals surface area (Å²) >= 11 is 0. The van der Waals surface area contributed by atoms with E-state index in [9.17, 15) is 39.0 Å². The standard InChI is InChI=1S/C34H49N5O8/c1-9-17-33(7,8)22-39-27(43)34(11-3,23-15-13-12-14-16-23)26(42)36(30(39)46)19-24(40)20-37-28(44)35(18-10-2)29(45)38(31(37)47)21-25(41)32(4,5)6/h10,12-16,24-25,40-41H,2,9,11,17-22H2,1,3-8H3/t24?,25?,34-/m0/s1. The third-order valence-electron chi connectivity index (χ3n) is 8.83. The van der Waals surface area contributed by atoms with E-state index in [0.29, 0.717) is 16.6 Å². The topological polar surface area (TPSA) is 164 Å². The first kappa shape index (κ1) is 37.4. The number of carbonyl (C=O) groups is 3. The number of rotatable bonds is 14. The van der Waals surface area contributed by atoms with Gasteiger partial charge in [0, 0.05) is 6.54 Å². The van der Waals surface area contributed by atoms with E-state index in [2.05, 4.69) is 6.58 Å². The molecule has 3 rings (SSSR count). The fourth-order valence-corrected chi connectivity index (χ4v) is 6.04. The van der Waals surface area contributed by atoms with Gasteiger partial charge in [0.15, 0.2) is 5.41 Å². The van der Waals surface area contributed by atoms with Crippen LogP contribution in [0, 0.1) is 10.8 Å². The van der Waals surface area contributed by atoms with Crippen molar-refractivity contribution in [2.24, 2.45) is 10.8 Å². The van der Waals surface area contributed by atoms with E-state index in [0.717, 1.165) is 25.4 Å². The summed E-state index contributed by atoms with van der Waals surface area (Å²) in [5.41, 5.74) is -5.57. The molecule has 0 spiro atoms. The molecule has 1 aromatic heterocycles. The van der Waals surface area contributed by atoms with Gasteiger partial charge >= 0.3 is 23.1 Å². The van der Waals surface area contributed by atoms with Crippen molar-refractivity contribution < 1.29 is 24.6 Å². The Bertz CT molecular complexity index is 1670. The molecule has 4 amide bonds. The van der Waals surface area contributed by atoms with Gasteiger partial charge in [-0.15, -0.1) is 6.58 Å². The maximum Gasteiger partial charge on any atom is 0.336 e. The van der Waals surface area contributed by atoms with Gasteiger partial charge in [-0.05, 0) is 29.2 Å². The second kappa shape index (κ2) is 14.3. The Kier molecular flexibility index (Phi) is 11.4. The highest BCUT2D eigenvalue weighted by molar-refractivity contribution is 6.22. The number of barbiturate groups is 1. The van der Waals surface area contributed by atoms with Crippen molar-refractivity contribution in [3.05, 3.63) is 80.0 Å². The lowest BCUT2D eigenvalue weighted by Crippen LogP contribution is -2.69. The largest absolute Gasteiger partial charge is 0.391 e. The van der Waals surface area contributed by atoms with Crippen LogP contribution in [0.3, 0.4) is 0 Å². The Labute approximate surface area is 274 Å². The molecule has 2 heterocycles. The van der Waals surface area contributed by atoms with Gasteiger partial charge in [-0.25, -0.2) is 32.9 Å². The lowest BCUT2D eigenvalue weighted by molar-refractivity contribution is -0.154. The molecule has 2 aromatic rings. The van der Waals surface area contributed by atoms with Crippen molar-refractivity contribution in [2.75, 3.05) is 13.1 Å². The molecule has 3 atom stereocenters. The normalized spacial score (nSPS) is 18.9. The zero-order valence-corrected chi connectivity index (χ0v) is 28.6. The van der Waals surface area contributed by atoms with Crippen LogP contribution in [0.1, 0.15) is 73.3 Å². The molecule has 13 heteroatoms. The number of nitrogens with zero attached hydrogens (tertiary/aromatic N) is 5. The van der Waals surface area contributed by atoms with E-state index in [4.69, 9.17) is 0 Å². The number of urea groups is 1. The van der Waals surface area contributed by atoms with Crippen molar-refractivity contribution in [1.82, 2.24) is 23.5 Å². The maximum atomic E-state index is 14.2. The number of carbonyl (C=O) groups excluding carboxylic acids is 3. The molecule has 1 fully saturated rings. The summed E-state index contributed by atoms with van der Waals surface area (Å²) in [5.74, 6) is -1.47. The van der Waals surface area contributed by atoms with Crippen molar-refractivity contribution in [3.63, 3.8) is 0 Å². The van der Waals surface area contributed by atoms with Crippen molar-refractivity contribution in [1.29, 1.82) is 0 Å². The van der Waals surface area contributed by atoms with Crippen LogP contribution in [-0.4, -0.2) is 76.9 Å². The Balaban J connectivity index is 2.10. The molecule has 0 bridgehead atoms. The molecule has 1 aliphatic heterocycles. The minimum atomic E-state index is -1.75. The average Bonchev–Trinajstić information content (AvgIpc) is 3.00. The van der Waals surface area contributed by atoms with E-state index in [1.54, 1.807) is 58.0 Å². The number of aliphatic hydroxyl groups excluding tert-OH is 2. The maximum absolute atomic E-state index is 14.2. The van der Waals surface area contributed by atoms with Crippen LogP contribution in [0.25, 0.3) is 0 Å². The third-order valence-corrected chi connectivity index (χ3v) is 8.83. The van der Waals surface area contributed by atoms with Gasteiger partial charge in [0.05, 0.1) is 38.4 Å². The van der Waals surface area contributed by atoms with Gasteiger partial charge in [0.1, 0.15) is 0 Å². The van der Waals surface area contributed by atoms with Crippen LogP contribution in [-0.2, 0) is 34.6 Å². The second-order valence-corrected chi connectivity index (χ2v) is 14.1. The molecule has 0 aliphatic carbocycles. The minimum absolute atomic E-state index is 0.0275. The molecule has 2 N–H and O–H groups in total. The van der Waals surface area contributed by atoms with E-state index >= 15 is 0 Å². The molecular formula is C34H49N5O8. The van der Waals surface area contributed by atoms with Gasteiger partial charge in [0.2, 0.25) is 0 Å². The summed E-state index contributed by atoms with van der Waals surface area (Å²) in [6.07, 6.45) is 0.0490. The van der Waals surface area contributed by atoms with E-state index in [1.807, 2.05) is 20.8 Å². The van der Waals surface area contributed by atoms with Crippen molar-refractivity contribution in [3.8, 4) is 0 Å². The SMILES string of the molecule is C=CCn1c(=O)n(CC(O)CN2C(=O)N(CC(C)(C)CCC)C(=O)[C@@](CC)(c3ccccc3)C2=O)c(=O)n(CC(O)C(C)(C)C)c1=O. The first-order valence-corrected chi connectivity index (χ1v) is 16.0. The Morgan fingerprint density at radius 1 is 0.787 bits per heavy atom. The number of β-amino-alcohol motifs (C(OH)–C–C–N with tert-alkyl or cyclic N) is 1. The quantitative estimate of drug-likeness (QED) is 0.231. The third kappa shape index (κ3) is 7.41. The van der Waals surface area contributed by atoms with E-state index in [-0.39, 0.29) is 19.5 Å². The summed E-state index contributed by atoms with van der Waals surface area (Å²) in [5, 5.41) is 22.0. The summed E-state index contributed by atoms with van der Waals surface area (Å²) < 4.78 is 2.11. The van der Waals surface area contributed by atoms with Crippen LogP contribution >= 0.6 is 0 Å².